The Morgan fingerprint density at radius 3 is 2.48 bits per heavy atom. The number of Topliss-reactive ketones (excluding diaryl/α,β-unsaturated/α-hetero) is 1. The fraction of sp³-hybridized carbons (Fsp3) is 0.429. The van der Waals surface area contributed by atoms with Gasteiger partial charge in [0, 0.05) is 22.7 Å². The number of thiophene rings is 1. The molecule has 1 aliphatic rings. The van der Waals surface area contributed by atoms with E-state index in [1.165, 1.54) is 11.3 Å². The average Bonchev–Trinajstić information content (AvgIpc) is 3.13. The van der Waals surface area contributed by atoms with Crippen LogP contribution in [-0.4, -0.2) is 22.3 Å². The van der Waals surface area contributed by atoms with Crippen molar-refractivity contribution in [3.8, 4) is 0 Å². The van der Waals surface area contributed by atoms with Crippen LogP contribution in [0.3, 0.4) is 0 Å². The molecular formula is C21H24BrNO3S. The van der Waals surface area contributed by atoms with Crippen LogP contribution in [-0.2, 0) is 4.79 Å². The molecule has 3 rings (SSSR count). The van der Waals surface area contributed by atoms with E-state index in [2.05, 4.69) is 21.2 Å². The summed E-state index contributed by atoms with van der Waals surface area (Å²) >= 11 is 4.72. The second kappa shape index (κ2) is 9.13. The molecule has 0 radical (unpaired) electrons. The lowest BCUT2D eigenvalue weighted by Gasteiger charge is -2.42. The zero-order valence-corrected chi connectivity index (χ0v) is 17.5. The molecule has 0 spiro atoms. The van der Waals surface area contributed by atoms with Crippen molar-refractivity contribution in [2.24, 2.45) is 0 Å². The van der Waals surface area contributed by atoms with Gasteiger partial charge in [-0.2, -0.15) is 0 Å². The van der Waals surface area contributed by atoms with E-state index in [1.54, 1.807) is 6.07 Å². The molecule has 1 saturated carbocycles. The molecule has 2 aromatic rings. The summed E-state index contributed by atoms with van der Waals surface area (Å²) in [6.07, 6.45) is 4.14. The summed E-state index contributed by atoms with van der Waals surface area (Å²) in [5.74, 6) is -0.196. The molecule has 144 valence electrons. The smallest absolute Gasteiger partial charge is 0.220 e. The number of amides is 1. The number of carbonyl (C=O) groups is 2. The molecule has 0 aliphatic heterocycles. The van der Waals surface area contributed by atoms with Crippen LogP contribution in [0.4, 0.5) is 0 Å². The first-order valence-electron chi connectivity index (χ1n) is 9.31. The van der Waals surface area contributed by atoms with E-state index in [-0.39, 0.29) is 24.5 Å². The van der Waals surface area contributed by atoms with E-state index >= 15 is 0 Å². The average molecular weight is 450 g/mol. The van der Waals surface area contributed by atoms with Crippen molar-refractivity contribution < 1.29 is 14.7 Å². The summed E-state index contributed by atoms with van der Waals surface area (Å²) in [6.45, 7) is 0. The first-order chi connectivity index (χ1) is 13.0. The third-order valence-electron chi connectivity index (χ3n) is 5.19. The Morgan fingerprint density at radius 1 is 1.15 bits per heavy atom. The third kappa shape index (κ3) is 5.06. The molecule has 1 aromatic heterocycles. The van der Waals surface area contributed by atoms with Gasteiger partial charge in [-0.3, -0.25) is 9.59 Å². The maximum absolute atomic E-state index is 12.6. The summed E-state index contributed by atoms with van der Waals surface area (Å²) in [7, 11) is 0. The van der Waals surface area contributed by atoms with E-state index in [1.807, 2.05) is 35.7 Å². The predicted octanol–water partition coefficient (Wildman–Crippen LogP) is 5.03. The number of hydrogen-bond acceptors (Lipinski definition) is 4. The van der Waals surface area contributed by atoms with E-state index in [4.69, 9.17) is 0 Å². The fourth-order valence-electron chi connectivity index (χ4n) is 3.75. The molecule has 6 heteroatoms. The normalized spacial score (nSPS) is 17.3. The minimum absolute atomic E-state index is 0.0258. The molecule has 0 saturated heterocycles. The van der Waals surface area contributed by atoms with Crippen molar-refractivity contribution in [2.75, 3.05) is 0 Å². The topological polar surface area (TPSA) is 66.4 Å². The molecule has 1 unspecified atom stereocenters. The van der Waals surface area contributed by atoms with Crippen molar-refractivity contribution in [1.29, 1.82) is 0 Å². The van der Waals surface area contributed by atoms with Crippen LogP contribution in [0.5, 0.6) is 0 Å². The second-order valence-electron chi connectivity index (χ2n) is 7.13. The van der Waals surface area contributed by atoms with Gasteiger partial charge in [-0.15, -0.1) is 11.3 Å². The number of ketones is 1. The Labute approximate surface area is 172 Å². The maximum Gasteiger partial charge on any atom is 0.220 e. The zero-order chi connectivity index (χ0) is 19.3. The second-order valence-corrected chi connectivity index (χ2v) is 8.96. The van der Waals surface area contributed by atoms with Crippen LogP contribution in [0.25, 0.3) is 0 Å². The molecule has 1 heterocycles. The number of carbonyl (C=O) groups excluding carboxylic acids is 2. The Bertz CT molecular complexity index is 784. The lowest BCUT2D eigenvalue weighted by atomic mass is 9.75. The molecule has 2 N–H and O–H groups in total. The quantitative estimate of drug-likeness (QED) is 0.582. The largest absolute Gasteiger partial charge is 0.386 e. The molecular weight excluding hydrogens is 426 g/mol. The van der Waals surface area contributed by atoms with Crippen LogP contribution >= 0.6 is 27.3 Å². The summed E-state index contributed by atoms with van der Waals surface area (Å²) in [5.41, 5.74) is 0.172. The Hall–Kier alpha value is -1.50. The lowest BCUT2D eigenvalue weighted by molar-refractivity contribution is -0.125. The number of halogens is 1. The minimum atomic E-state index is -0.744. The number of hydrogen-bond donors (Lipinski definition) is 2. The van der Waals surface area contributed by atoms with Crippen LogP contribution in [0.1, 0.15) is 66.3 Å². The molecule has 1 amide bonds. The van der Waals surface area contributed by atoms with Gasteiger partial charge in [0.05, 0.1) is 10.4 Å². The molecule has 0 bridgehead atoms. The predicted molar refractivity (Wildman–Crippen MR) is 111 cm³/mol. The highest BCUT2D eigenvalue weighted by Gasteiger charge is 2.41. The summed E-state index contributed by atoms with van der Waals surface area (Å²) < 4.78 is 0.882. The Morgan fingerprint density at radius 2 is 1.85 bits per heavy atom. The highest BCUT2D eigenvalue weighted by Crippen LogP contribution is 2.38. The van der Waals surface area contributed by atoms with Crippen molar-refractivity contribution in [2.45, 2.75) is 56.6 Å². The van der Waals surface area contributed by atoms with Crippen molar-refractivity contribution in [1.82, 2.24) is 5.32 Å². The summed E-state index contributed by atoms with van der Waals surface area (Å²) in [5, 5.41) is 16.0. The van der Waals surface area contributed by atoms with E-state index in [0.717, 1.165) is 42.1 Å². The van der Waals surface area contributed by atoms with Gasteiger partial charge in [0.25, 0.3) is 0 Å². The van der Waals surface area contributed by atoms with Gasteiger partial charge in [-0.1, -0.05) is 49.6 Å². The van der Waals surface area contributed by atoms with Gasteiger partial charge in [0.1, 0.15) is 6.10 Å². The van der Waals surface area contributed by atoms with Crippen LogP contribution in [0.2, 0.25) is 0 Å². The molecule has 1 fully saturated rings. The zero-order valence-electron chi connectivity index (χ0n) is 15.1. The van der Waals surface area contributed by atoms with Gasteiger partial charge in [0.2, 0.25) is 5.91 Å². The minimum Gasteiger partial charge on any atom is -0.386 e. The van der Waals surface area contributed by atoms with Gasteiger partial charge >= 0.3 is 0 Å². The third-order valence-corrected chi connectivity index (χ3v) is 6.93. The highest BCUT2D eigenvalue weighted by atomic mass is 79.9. The van der Waals surface area contributed by atoms with Gasteiger partial charge in [-0.05, 0) is 40.4 Å². The van der Waals surface area contributed by atoms with Crippen LogP contribution in [0.15, 0.2) is 46.3 Å². The van der Waals surface area contributed by atoms with Crippen LogP contribution < -0.4 is 5.32 Å². The van der Waals surface area contributed by atoms with Crippen molar-refractivity contribution in [3.63, 3.8) is 0 Å². The maximum atomic E-state index is 12.6. The summed E-state index contributed by atoms with van der Waals surface area (Å²) in [6, 6.07) is 11.3. The van der Waals surface area contributed by atoms with Crippen molar-refractivity contribution >= 4 is 39.0 Å². The SMILES string of the molecule is O=C(CCC(=O)c1cc(Br)cs1)NC1(C(O)c2ccccc2)CCCCC1. The Balaban J connectivity index is 1.65. The van der Waals surface area contributed by atoms with E-state index < -0.39 is 11.6 Å². The number of aliphatic hydroxyl groups is 1. The molecule has 1 aliphatic carbocycles. The van der Waals surface area contributed by atoms with E-state index in [0.29, 0.717) is 4.88 Å². The highest BCUT2D eigenvalue weighted by molar-refractivity contribution is 9.10. The summed E-state index contributed by atoms with van der Waals surface area (Å²) in [4.78, 5) is 25.5. The standard InChI is InChI=1S/C21H24BrNO3S/c22-16-13-18(27-14-16)17(24)9-10-19(25)23-21(11-5-2-6-12-21)20(26)15-7-3-1-4-8-15/h1,3-4,7-8,13-14,20,26H,2,5-6,9-12H2,(H,23,25). The van der Waals surface area contributed by atoms with Gasteiger partial charge < -0.3 is 10.4 Å². The number of aliphatic hydroxyl groups excluding tert-OH is 1. The van der Waals surface area contributed by atoms with Gasteiger partial charge in [-0.25, -0.2) is 0 Å². The first kappa shape index (κ1) is 20.2. The lowest BCUT2D eigenvalue weighted by Crippen LogP contribution is -2.54. The fourth-order valence-corrected chi connectivity index (χ4v) is 5.15. The van der Waals surface area contributed by atoms with E-state index in [9.17, 15) is 14.7 Å². The van der Waals surface area contributed by atoms with Crippen LogP contribution in [0, 0.1) is 0 Å². The van der Waals surface area contributed by atoms with Crippen molar-refractivity contribution in [3.05, 3.63) is 56.7 Å². The monoisotopic (exact) mass is 449 g/mol. The van der Waals surface area contributed by atoms with Gasteiger partial charge in [0.15, 0.2) is 5.78 Å². The Kier molecular flexibility index (Phi) is 6.84. The molecule has 4 nitrogen and oxygen atoms in total. The first-order valence-corrected chi connectivity index (χ1v) is 11.0. The number of benzene rings is 1. The molecule has 27 heavy (non-hydrogen) atoms. The molecule has 1 atom stereocenters. The number of rotatable bonds is 7. The number of nitrogens with one attached hydrogen (secondary N) is 1. The molecule has 1 aromatic carbocycles.